The van der Waals surface area contributed by atoms with Crippen LogP contribution in [0.2, 0.25) is 5.02 Å². The fourth-order valence-electron chi connectivity index (χ4n) is 2.32. The van der Waals surface area contributed by atoms with Crippen molar-refractivity contribution >= 4 is 33.2 Å². The highest BCUT2D eigenvalue weighted by Gasteiger charge is 2.28. The van der Waals surface area contributed by atoms with Gasteiger partial charge in [0.05, 0.1) is 5.02 Å². The van der Waals surface area contributed by atoms with Crippen molar-refractivity contribution < 1.29 is 8.42 Å². The van der Waals surface area contributed by atoms with Gasteiger partial charge in [-0.2, -0.15) is 4.31 Å². The van der Waals surface area contributed by atoms with Crippen molar-refractivity contribution in [2.24, 2.45) is 0 Å². The molecule has 1 aliphatic heterocycles. The number of hydrogen-bond acceptors (Lipinski definition) is 3. The second-order valence-electron chi connectivity index (χ2n) is 4.72. The molecule has 1 saturated heterocycles. The summed E-state index contributed by atoms with van der Waals surface area (Å²) in [5, 5.41) is 0.273. The quantitative estimate of drug-likeness (QED) is 0.792. The molecule has 2 rings (SSSR count). The minimum Gasteiger partial charge on any atom is -0.301 e. The molecule has 0 atom stereocenters. The van der Waals surface area contributed by atoms with Gasteiger partial charge in [0.15, 0.2) is 0 Å². The molecule has 112 valence electrons. The van der Waals surface area contributed by atoms with Crippen molar-refractivity contribution in [3.63, 3.8) is 0 Å². The number of rotatable bonds is 4. The van der Waals surface area contributed by atoms with E-state index in [0.29, 0.717) is 25.5 Å². The molecule has 1 fully saturated rings. The molecular weight excluding hydrogens is 319 g/mol. The summed E-state index contributed by atoms with van der Waals surface area (Å²) in [6, 6.07) is 6.58. The molecule has 0 bridgehead atoms. The average Bonchev–Trinajstić information content (AvgIpc) is 2.65. The van der Waals surface area contributed by atoms with Crippen molar-refractivity contribution in [1.29, 1.82) is 0 Å². The van der Waals surface area contributed by atoms with Gasteiger partial charge < -0.3 is 4.90 Å². The summed E-state index contributed by atoms with van der Waals surface area (Å²) in [5.74, 6) is 0.567. The Morgan fingerprint density at radius 1 is 1.10 bits per heavy atom. The van der Waals surface area contributed by atoms with Gasteiger partial charge in [-0.1, -0.05) is 23.7 Å². The topological polar surface area (TPSA) is 40.6 Å². The maximum Gasteiger partial charge on any atom is 0.244 e. The summed E-state index contributed by atoms with van der Waals surface area (Å²) in [6.45, 7) is 3.37. The summed E-state index contributed by atoms with van der Waals surface area (Å²) >= 11 is 11.8. The van der Waals surface area contributed by atoms with Gasteiger partial charge in [0.2, 0.25) is 10.0 Å². The molecule has 0 radical (unpaired) electrons. The fraction of sp³-hybridized carbons (Fsp3) is 0.538. The normalized spacial score (nSPS) is 18.9. The van der Waals surface area contributed by atoms with E-state index in [-0.39, 0.29) is 9.92 Å². The molecule has 0 amide bonds. The summed E-state index contributed by atoms with van der Waals surface area (Å²) in [5.41, 5.74) is 0. The van der Waals surface area contributed by atoms with Crippen LogP contribution in [0.1, 0.15) is 6.42 Å². The van der Waals surface area contributed by atoms with Crippen LogP contribution in [0, 0.1) is 0 Å². The maximum atomic E-state index is 12.6. The largest absolute Gasteiger partial charge is 0.301 e. The second-order valence-corrected chi connectivity index (χ2v) is 7.41. The predicted molar refractivity (Wildman–Crippen MR) is 82.0 cm³/mol. The SMILES string of the molecule is O=S(=O)(c1ccccc1Cl)N1CCCN(CCCl)CC1. The Kier molecular flexibility index (Phi) is 5.69. The number of sulfonamides is 1. The molecule has 0 spiro atoms. The highest BCUT2D eigenvalue weighted by Crippen LogP contribution is 2.24. The van der Waals surface area contributed by atoms with Crippen LogP contribution >= 0.6 is 23.2 Å². The second kappa shape index (κ2) is 7.09. The molecule has 1 heterocycles. The molecule has 0 N–H and O–H groups in total. The molecule has 20 heavy (non-hydrogen) atoms. The third kappa shape index (κ3) is 3.65. The third-order valence-corrected chi connectivity index (χ3v) is 5.97. The molecule has 0 saturated carbocycles. The van der Waals surface area contributed by atoms with Gasteiger partial charge >= 0.3 is 0 Å². The van der Waals surface area contributed by atoms with Crippen LogP contribution in [0.25, 0.3) is 0 Å². The standard InChI is InChI=1S/C13H18Cl2N2O2S/c14-6-9-16-7-3-8-17(11-10-16)20(18,19)13-5-2-1-4-12(13)15/h1-2,4-5H,3,6-11H2. The zero-order valence-electron chi connectivity index (χ0n) is 11.1. The molecule has 1 aromatic carbocycles. The summed E-state index contributed by atoms with van der Waals surface area (Å²) in [6.07, 6.45) is 0.806. The maximum absolute atomic E-state index is 12.6. The van der Waals surface area contributed by atoms with Crippen LogP contribution < -0.4 is 0 Å². The first-order chi connectivity index (χ1) is 9.55. The van der Waals surface area contributed by atoms with Crippen molar-refractivity contribution in [1.82, 2.24) is 9.21 Å². The molecule has 0 aromatic heterocycles. The van der Waals surface area contributed by atoms with E-state index in [1.54, 1.807) is 24.3 Å². The van der Waals surface area contributed by atoms with Gasteiger partial charge in [-0.3, -0.25) is 0 Å². The van der Waals surface area contributed by atoms with Crippen molar-refractivity contribution in [2.45, 2.75) is 11.3 Å². The van der Waals surface area contributed by atoms with E-state index in [0.717, 1.165) is 19.5 Å². The lowest BCUT2D eigenvalue weighted by atomic mass is 10.4. The lowest BCUT2D eigenvalue weighted by Crippen LogP contribution is -2.35. The van der Waals surface area contributed by atoms with E-state index >= 15 is 0 Å². The van der Waals surface area contributed by atoms with Crippen LogP contribution in [0.15, 0.2) is 29.2 Å². The highest BCUT2D eigenvalue weighted by molar-refractivity contribution is 7.89. The Hall–Kier alpha value is -0.330. The number of alkyl halides is 1. The van der Waals surface area contributed by atoms with Crippen LogP contribution in [-0.4, -0.2) is 56.2 Å². The number of hydrogen-bond donors (Lipinski definition) is 0. The van der Waals surface area contributed by atoms with Crippen molar-refractivity contribution in [3.05, 3.63) is 29.3 Å². The van der Waals surface area contributed by atoms with Crippen LogP contribution in [0.3, 0.4) is 0 Å². The monoisotopic (exact) mass is 336 g/mol. The number of halogens is 2. The fourth-order valence-corrected chi connectivity index (χ4v) is 4.53. The van der Waals surface area contributed by atoms with E-state index in [1.165, 1.54) is 4.31 Å². The average molecular weight is 337 g/mol. The summed E-state index contributed by atoms with van der Waals surface area (Å²) in [4.78, 5) is 2.38. The predicted octanol–water partition coefficient (Wildman–Crippen LogP) is 2.28. The molecule has 4 nitrogen and oxygen atoms in total. The minimum atomic E-state index is -3.51. The van der Waals surface area contributed by atoms with Gasteiger partial charge in [0.1, 0.15) is 4.90 Å². The van der Waals surface area contributed by atoms with E-state index < -0.39 is 10.0 Å². The van der Waals surface area contributed by atoms with Crippen LogP contribution in [0.4, 0.5) is 0 Å². The zero-order chi connectivity index (χ0) is 14.6. The molecule has 7 heteroatoms. The van der Waals surface area contributed by atoms with Crippen LogP contribution in [0.5, 0.6) is 0 Å². The molecule has 1 aromatic rings. The number of benzene rings is 1. The van der Waals surface area contributed by atoms with Crippen LogP contribution in [-0.2, 0) is 10.0 Å². The first-order valence-electron chi connectivity index (χ1n) is 6.58. The Labute approximate surface area is 130 Å². The Morgan fingerprint density at radius 2 is 1.85 bits per heavy atom. The van der Waals surface area contributed by atoms with Gasteiger partial charge in [0.25, 0.3) is 0 Å². The van der Waals surface area contributed by atoms with E-state index in [2.05, 4.69) is 4.90 Å². The number of nitrogens with zero attached hydrogens (tertiary/aromatic N) is 2. The summed E-state index contributed by atoms with van der Waals surface area (Å²) in [7, 11) is -3.51. The van der Waals surface area contributed by atoms with Gasteiger partial charge in [0, 0.05) is 32.1 Å². The highest BCUT2D eigenvalue weighted by atomic mass is 35.5. The Morgan fingerprint density at radius 3 is 2.55 bits per heavy atom. The van der Waals surface area contributed by atoms with E-state index in [1.807, 2.05) is 0 Å². The molecule has 1 aliphatic rings. The lowest BCUT2D eigenvalue weighted by molar-refractivity contribution is 0.303. The van der Waals surface area contributed by atoms with Gasteiger partial charge in [-0.15, -0.1) is 11.6 Å². The molecule has 0 unspecified atom stereocenters. The summed E-state index contributed by atoms with van der Waals surface area (Å²) < 4.78 is 26.8. The van der Waals surface area contributed by atoms with Gasteiger partial charge in [-0.05, 0) is 25.1 Å². The Balaban J connectivity index is 2.16. The van der Waals surface area contributed by atoms with Gasteiger partial charge in [-0.25, -0.2) is 8.42 Å². The Bertz CT molecular complexity index is 551. The first kappa shape index (κ1) is 16.0. The third-order valence-electron chi connectivity index (χ3n) is 3.40. The van der Waals surface area contributed by atoms with E-state index in [4.69, 9.17) is 23.2 Å². The molecule has 0 aliphatic carbocycles. The minimum absolute atomic E-state index is 0.187. The molecular formula is C13H18Cl2N2O2S. The van der Waals surface area contributed by atoms with E-state index in [9.17, 15) is 8.42 Å². The first-order valence-corrected chi connectivity index (χ1v) is 8.94. The van der Waals surface area contributed by atoms with Crippen molar-refractivity contribution in [3.8, 4) is 0 Å². The zero-order valence-corrected chi connectivity index (χ0v) is 13.5. The smallest absolute Gasteiger partial charge is 0.244 e. The lowest BCUT2D eigenvalue weighted by Gasteiger charge is -2.21. The van der Waals surface area contributed by atoms with Crippen molar-refractivity contribution in [2.75, 3.05) is 38.6 Å².